The molecule has 0 saturated carbocycles. The monoisotopic (exact) mass is 263 g/mol. The molecule has 3 rings (SSSR count). The Labute approximate surface area is 115 Å². The molecule has 20 heavy (non-hydrogen) atoms. The predicted molar refractivity (Wildman–Crippen MR) is 81.3 cm³/mol. The lowest BCUT2D eigenvalue weighted by atomic mass is 9.95. The first-order valence-corrected chi connectivity index (χ1v) is 6.21. The first kappa shape index (κ1) is 12.2. The average molecular weight is 263 g/mol. The topological polar surface area (TPSA) is 63.3 Å². The number of aromatic hydroxyl groups is 1. The predicted octanol–water partition coefficient (Wildman–Crippen LogP) is 3.20. The summed E-state index contributed by atoms with van der Waals surface area (Å²) in [5.74, 6) is -0.627. The zero-order valence-corrected chi connectivity index (χ0v) is 10.8. The van der Waals surface area contributed by atoms with E-state index in [2.05, 4.69) is 6.58 Å². The zero-order valence-electron chi connectivity index (χ0n) is 10.8. The van der Waals surface area contributed by atoms with Crippen LogP contribution >= 0.6 is 0 Å². The summed E-state index contributed by atoms with van der Waals surface area (Å²) >= 11 is 0. The van der Waals surface area contributed by atoms with E-state index in [1.807, 2.05) is 42.5 Å². The van der Waals surface area contributed by atoms with E-state index >= 15 is 0 Å². The number of amides is 1. The van der Waals surface area contributed by atoms with Crippen molar-refractivity contribution in [1.82, 2.24) is 0 Å². The van der Waals surface area contributed by atoms with Gasteiger partial charge in [0.25, 0.3) is 0 Å². The van der Waals surface area contributed by atoms with Gasteiger partial charge in [-0.15, -0.1) is 0 Å². The Kier molecular flexibility index (Phi) is 2.68. The third-order valence-electron chi connectivity index (χ3n) is 3.46. The van der Waals surface area contributed by atoms with Gasteiger partial charge in [-0.05, 0) is 39.7 Å². The maximum absolute atomic E-state index is 11.4. The van der Waals surface area contributed by atoms with Crippen LogP contribution in [0.3, 0.4) is 0 Å². The van der Waals surface area contributed by atoms with Gasteiger partial charge in [0.15, 0.2) is 0 Å². The molecule has 0 bridgehead atoms. The quantitative estimate of drug-likeness (QED) is 0.551. The number of carbonyl (C=O) groups is 1. The molecule has 0 radical (unpaired) electrons. The molecule has 0 saturated heterocycles. The van der Waals surface area contributed by atoms with Crippen molar-refractivity contribution < 1.29 is 9.90 Å². The van der Waals surface area contributed by atoms with Gasteiger partial charge in [0.05, 0.1) is 0 Å². The molecule has 0 aromatic heterocycles. The highest BCUT2D eigenvalue weighted by Crippen LogP contribution is 2.34. The van der Waals surface area contributed by atoms with Gasteiger partial charge in [-0.25, -0.2) is 0 Å². The summed E-state index contributed by atoms with van der Waals surface area (Å²) in [6.45, 7) is 3.68. The van der Waals surface area contributed by atoms with Crippen molar-refractivity contribution in [2.24, 2.45) is 5.73 Å². The van der Waals surface area contributed by atoms with Gasteiger partial charge >= 0.3 is 0 Å². The molecule has 0 heterocycles. The molecular weight excluding hydrogens is 250 g/mol. The van der Waals surface area contributed by atoms with E-state index in [0.717, 1.165) is 21.5 Å². The number of hydrogen-bond acceptors (Lipinski definition) is 2. The normalized spacial score (nSPS) is 10.8. The molecule has 3 heteroatoms. The van der Waals surface area contributed by atoms with Gasteiger partial charge in [0.2, 0.25) is 5.91 Å². The molecule has 0 unspecified atom stereocenters. The fourth-order valence-corrected chi connectivity index (χ4v) is 2.44. The van der Waals surface area contributed by atoms with E-state index in [9.17, 15) is 9.90 Å². The number of phenols is 1. The highest BCUT2D eigenvalue weighted by molar-refractivity contribution is 6.23. The van der Waals surface area contributed by atoms with Crippen LogP contribution in [0.15, 0.2) is 55.1 Å². The van der Waals surface area contributed by atoms with Crippen molar-refractivity contribution in [2.75, 3.05) is 0 Å². The third kappa shape index (κ3) is 1.80. The summed E-state index contributed by atoms with van der Waals surface area (Å²) < 4.78 is 0. The summed E-state index contributed by atoms with van der Waals surface area (Å²) in [7, 11) is 0. The fourth-order valence-electron chi connectivity index (χ4n) is 2.44. The Morgan fingerprint density at radius 3 is 2.30 bits per heavy atom. The van der Waals surface area contributed by atoms with E-state index in [1.54, 1.807) is 6.07 Å². The molecule has 1 amide bonds. The highest BCUT2D eigenvalue weighted by atomic mass is 16.3. The van der Waals surface area contributed by atoms with E-state index in [4.69, 9.17) is 5.73 Å². The molecule has 98 valence electrons. The molecule has 0 atom stereocenters. The molecular formula is C17H13NO2. The number of hydrogen-bond donors (Lipinski definition) is 2. The summed E-state index contributed by atoms with van der Waals surface area (Å²) in [5.41, 5.74) is 5.81. The lowest BCUT2D eigenvalue weighted by Gasteiger charge is -2.11. The van der Waals surface area contributed by atoms with Crippen LogP contribution in [0.25, 0.3) is 27.1 Å². The Morgan fingerprint density at radius 2 is 1.65 bits per heavy atom. The number of benzene rings is 3. The van der Waals surface area contributed by atoms with Crippen LogP contribution in [-0.4, -0.2) is 11.0 Å². The summed E-state index contributed by atoms with van der Waals surface area (Å²) in [6.07, 6.45) is 0. The van der Waals surface area contributed by atoms with E-state index in [1.165, 1.54) is 0 Å². The van der Waals surface area contributed by atoms with Gasteiger partial charge in [-0.3, -0.25) is 4.79 Å². The standard InChI is InChI=1S/C17H13NO2/c1-10(17(18)20)16-14-9-12-5-3-2-4-11(12)8-13(14)6-7-15(16)19/h2-9,19H,1H2,(H2,18,20). The number of fused-ring (bicyclic) bond motifs is 2. The molecule has 3 N–H and O–H groups in total. The van der Waals surface area contributed by atoms with Gasteiger partial charge in [0.1, 0.15) is 5.75 Å². The number of carbonyl (C=O) groups excluding carboxylic acids is 1. The van der Waals surface area contributed by atoms with Crippen molar-refractivity contribution in [1.29, 1.82) is 0 Å². The zero-order chi connectivity index (χ0) is 14.3. The van der Waals surface area contributed by atoms with Crippen molar-refractivity contribution in [3.8, 4) is 5.75 Å². The number of phenolic OH excluding ortho intramolecular Hbond substituents is 1. The van der Waals surface area contributed by atoms with Crippen molar-refractivity contribution in [2.45, 2.75) is 0 Å². The Balaban J connectivity index is 2.43. The summed E-state index contributed by atoms with van der Waals surface area (Å²) in [6, 6.07) is 15.2. The maximum atomic E-state index is 11.4. The van der Waals surface area contributed by atoms with E-state index in [0.29, 0.717) is 5.56 Å². The van der Waals surface area contributed by atoms with Crippen LogP contribution in [0, 0.1) is 0 Å². The van der Waals surface area contributed by atoms with Crippen LogP contribution in [0.5, 0.6) is 5.75 Å². The molecule has 3 nitrogen and oxygen atoms in total. The lowest BCUT2D eigenvalue weighted by molar-refractivity contribution is -0.112. The number of primary amides is 1. The van der Waals surface area contributed by atoms with Crippen LogP contribution in [0.2, 0.25) is 0 Å². The van der Waals surface area contributed by atoms with Crippen LogP contribution in [-0.2, 0) is 4.79 Å². The second-order valence-corrected chi connectivity index (χ2v) is 4.72. The minimum absolute atomic E-state index is 0.0107. The largest absolute Gasteiger partial charge is 0.507 e. The Hall–Kier alpha value is -2.81. The molecule has 0 spiro atoms. The van der Waals surface area contributed by atoms with E-state index in [-0.39, 0.29) is 11.3 Å². The second kappa shape index (κ2) is 4.38. The van der Waals surface area contributed by atoms with Gasteiger partial charge in [0, 0.05) is 11.1 Å². The minimum Gasteiger partial charge on any atom is -0.507 e. The van der Waals surface area contributed by atoms with E-state index < -0.39 is 5.91 Å². The van der Waals surface area contributed by atoms with Crippen molar-refractivity contribution in [3.63, 3.8) is 0 Å². The maximum Gasteiger partial charge on any atom is 0.248 e. The van der Waals surface area contributed by atoms with Crippen molar-refractivity contribution >= 4 is 33.0 Å². The van der Waals surface area contributed by atoms with Gasteiger partial charge < -0.3 is 10.8 Å². The lowest BCUT2D eigenvalue weighted by Crippen LogP contribution is -2.12. The first-order valence-electron chi connectivity index (χ1n) is 6.21. The molecule has 0 aliphatic rings. The third-order valence-corrected chi connectivity index (χ3v) is 3.46. The fraction of sp³-hybridized carbons (Fsp3) is 0. The Bertz CT molecular complexity index is 865. The molecule has 0 aliphatic carbocycles. The molecule has 3 aromatic carbocycles. The minimum atomic E-state index is -0.638. The van der Waals surface area contributed by atoms with Crippen LogP contribution in [0.1, 0.15) is 5.56 Å². The van der Waals surface area contributed by atoms with Gasteiger partial charge in [-0.2, -0.15) is 0 Å². The average Bonchev–Trinajstić information content (AvgIpc) is 2.44. The first-order chi connectivity index (χ1) is 9.58. The molecule has 3 aromatic rings. The number of rotatable bonds is 2. The molecule has 0 aliphatic heterocycles. The summed E-state index contributed by atoms with van der Waals surface area (Å²) in [5, 5.41) is 13.9. The Morgan fingerprint density at radius 1 is 1.00 bits per heavy atom. The van der Waals surface area contributed by atoms with Gasteiger partial charge in [-0.1, -0.05) is 36.9 Å². The van der Waals surface area contributed by atoms with Crippen LogP contribution < -0.4 is 5.73 Å². The van der Waals surface area contributed by atoms with Crippen molar-refractivity contribution in [3.05, 3.63) is 60.7 Å². The second-order valence-electron chi connectivity index (χ2n) is 4.72. The smallest absolute Gasteiger partial charge is 0.248 e. The molecule has 0 fully saturated rings. The summed E-state index contributed by atoms with van der Waals surface area (Å²) in [4.78, 5) is 11.4. The van der Waals surface area contributed by atoms with Crippen LogP contribution in [0.4, 0.5) is 0 Å². The number of nitrogens with two attached hydrogens (primary N) is 1. The SMILES string of the molecule is C=C(C(N)=O)c1c(O)ccc2cc3ccccc3cc12. The highest BCUT2D eigenvalue weighted by Gasteiger charge is 2.14.